The summed E-state index contributed by atoms with van der Waals surface area (Å²) in [5, 5.41) is 0. The Morgan fingerprint density at radius 3 is 2.93 bits per heavy atom. The Bertz CT molecular complexity index is 380. The van der Waals surface area contributed by atoms with E-state index in [4.69, 9.17) is 11.2 Å². The Morgan fingerprint density at radius 1 is 1.36 bits per heavy atom. The second kappa shape index (κ2) is 5.66. The van der Waals surface area contributed by atoms with Crippen molar-refractivity contribution in [1.82, 2.24) is 0 Å². The van der Waals surface area contributed by atoms with Crippen LogP contribution in [-0.2, 0) is 0 Å². The number of hydrogen-bond acceptors (Lipinski definition) is 1. The lowest BCUT2D eigenvalue weighted by atomic mass is 10.2. The minimum Gasteiger partial charge on any atom is -0.497 e. The van der Waals surface area contributed by atoms with Crippen LogP contribution in [0.4, 0.5) is 0 Å². The van der Waals surface area contributed by atoms with E-state index in [2.05, 4.69) is 5.92 Å². The van der Waals surface area contributed by atoms with Crippen LogP contribution in [0.2, 0.25) is 0 Å². The molecular formula is C13H12O. The minimum absolute atomic E-state index is 0.855. The number of benzene rings is 1. The predicted molar refractivity (Wildman–Crippen MR) is 60.0 cm³/mol. The summed E-state index contributed by atoms with van der Waals surface area (Å²) >= 11 is 0. The summed E-state index contributed by atoms with van der Waals surface area (Å²) in [5.41, 5.74) is 1.09. The molecular weight excluding hydrogens is 172 g/mol. The number of ether oxygens (including phenoxy) is 1. The van der Waals surface area contributed by atoms with Crippen LogP contribution in [0.15, 0.2) is 42.5 Å². The van der Waals surface area contributed by atoms with Crippen molar-refractivity contribution in [3.8, 4) is 18.1 Å². The SMILES string of the molecule is C#CC=CC=Cc1cccc(OC)c1. The fourth-order valence-electron chi connectivity index (χ4n) is 1.02. The van der Waals surface area contributed by atoms with E-state index in [9.17, 15) is 0 Å². The van der Waals surface area contributed by atoms with Crippen molar-refractivity contribution in [2.45, 2.75) is 0 Å². The summed E-state index contributed by atoms with van der Waals surface area (Å²) in [5.74, 6) is 3.27. The standard InChI is InChI=1S/C13H12O/c1-3-4-5-6-8-12-9-7-10-13(11-12)14-2/h1,4-11H,2H3. The van der Waals surface area contributed by atoms with E-state index in [1.807, 2.05) is 42.5 Å². The molecule has 1 aromatic rings. The van der Waals surface area contributed by atoms with Crippen LogP contribution in [0.3, 0.4) is 0 Å². The van der Waals surface area contributed by atoms with Gasteiger partial charge in [0, 0.05) is 0 Å². The molecule has 0 aliphatic rings. The quantitative estimate of drug-likeness (QED) is 0.518. The molecule has 0 aliphatic heterocycles. The van der Waals surface area contributed by atoms with Crippen LogP contribution in [0, 0.1) is 12.3 Å². The number of terminal acetylenes is 1. The third kappa shape index (κ3) is 3.20. The molecule has 0 spiro atoms. The van der Waals surface area contributed by atoms with Crippen molar-refractivity contribution in [3.05, 3.63) is 48.1 Å². The van der Waals surface area contributed by atoms with E-state index >= 15 is 0 Å². The van der Waals surface area contributed by atoms with Gasteiger partial charge in [-0.2, -0.15) is 0 Å². The highest BCUT2D eigenvalue weighted by molar-refractivity contribution is 5.53. The molecule has 0 aromatic heterocycles. The zero-order valence-corrected chi connectivity index (χ0v) is 8.10. The van der Waals surface area contributed by atoms with Crippen molar-refractivity contribution < 1.29 is 4.74 Å². The van der Waals surface area contributed by atoms with E-state index in [0.717, 1.165) is 11.3 Å². The van der Waals surface area contributed by atoms with Crippen LogP contribution < -0.4 is 4.74 Å². The molecule has 0 saturated heterocycles. The molecule has 1 nitrogen and oxygen atoms in total. The maximum Gasteiger partial charge on any atom is 0.119 e. The highest BCUT2D eigenvalue weighted by Gasteiger charge is 1.89. The van der Waals surface area contributed by atoms with Gasteiger partial charge in [-0.25, -0.2) is 0 Å². The second-order valence-electron chi connectivity index (χ2n) is 2.66. The van der Waals surface area contributed by atoms with Gasteiger partial charge in [-0.05, 0) is 23.8 Å². The fourth-order valence-corrected chi connectivity index (χ4v) is 1.02. The van der Waals surface area contributed by atoms with Crippen LogP contribution in [0.5, 0.6) is 5.75 Å². The first-order valence-electron chi connectivity index (χ1n) is 4.30. The summed E-state index contributed by atoms with van der Waals surface area (Å²) in [6.45, 7) is 0. The van der Waals surface area contributed by atoms with Gasteiger partial charge in [0.2, 0.25) is 0 Å². The average Bonchev–Trinajstić information content (AvgIpc) is 2.25. The van der Waals surface area contributed by atoms with Gasteiger partial charge in [0.05, 0.1) is 7.11 Å². The molecule has 0 atom stereocenters. The van der Waals surface area contributed by atoms with E-state index in [1.165, 1.54) is 0 Å². The van der Waals surface area contributed by atoms with Gasteiger partial charge in [-0.1, -0.05) is 36.3 Å². The lowest BCUT2D eigenvalue weighted by Crippen LogP contribution is -1.81. The number of methoxy groups -OCH3 is 1. The van der Waals surface area contributed by atoms with Crippen molar-refractivity contribution in [2.24, 2.45) is 0 Å². The van der Waals surface area contributed by atoms with Gasteiger partial charge in [-0.3, -0.25) is 0 Å². The predicted octanol–water partition coefficient (Wildman–Crippen LogP) is 2.90. The largest absolute Gasteiger partial charge is 0.497 e. The normalized spacial score (nSPS) is 10.6. The van der Waals surface area contributed by atoms with Crippen LogP contribution in [0.25, 0.3) is 6.08 Å². The Balaban J connectivity index is 2.72. The molecule has 0 aliphatic carbocycles. The van der Waals surface area contributed by atoms with Crippen molar-refractivity contribution >= 4 is 6.08 Å². The summed E-state index contributed by atoms with van der Waals surface area (Å²) in [6, 6.07) is 7.82. The van der Waals surface area contributed by atoms with Gasteiger partial charge >= 0.3 is 0 Å². The molecule has 1 rings (SSSR count). The molecule has 0 bridgehead atoms. The Labute approximate surface area is 84.7 Å². The first-order chi connectivity index (χ1) is 6.86. The third-order valence-corrected chi connectivity index (χ3v) is 1.69. The van der Waals surface area contributed by atoms with Gasteiger partial charge in [0.1, 0.15) is 5.75 Å². The van der Waals surface area contributed by atoms with Gasteiger partial charge in [0.15, 0.2) is 0 Å². The molecule has 70 valence electrons. The van der Waals surface area contributed by atoms with Gasteiger partial charge in [-0.15, -0.1) is 6.42 Å². The lowest BCUT2D eigenvalue weighted by Gasteiger charge is -1.99. The monoisotopic (exact) mass is 184 g/mol. The highest BCUT2D eigenvalue weighted by Crippen LogP contribution is 2.13. The summed E-state index contributed by atoms with van der Waals surface area (Å²) in [4.78, 5) is 0. The van der Waals surface area contributed by atoms with Crippen molar-refractivity contribution in [3.63, 3.8) is 0 Å². The van der Waals surface area contributed by atoms with Crippen molar-refractivity contribution in [1.29, 1.82) is 0 Å². The fraction of sp³-hybridized carbons (Fsp3) is 0.0769. The molecule has 0 radical (unpaired) electrons. The molecule has 1 aromatic carbocycles. The molecule has 0 N–H and O–H groups in total. The Morgan fingerprint density at radius 2 is 2.21 bits per heavy atom. The molecule has 0 unspecified atom stereocenters. The molecule has 0 amide bonds. The number of allylic oxidation sites excluding steroid dienone is 3. The minimum atomic E-state index is 0.855. The van der Waals surface area contributed by atoms with E-state index in [0.29, 0.717) is 0 Å². The molecule has 14 heavy (non-hydrogen) atoms. The first kappa shape index (κ1) is 10.1. The van der Waals surface area contributed by atoms with E-state index < -0.39 is 0 Å². The maximum absolute atomic E-state index is 5.10. The third-order valence-electron chi connectivity index (χ3n) is 1.69. The summed E-state index contributed by atoms with van der Waals surface area (Å²) in [6.07, 6.45) is 12.4. The number of hydrogen-bond donors (Lipinski definition) is 0. The van der Waals surface area contributed by atoms with Crippen molar-refractivity contribution in [2.75, 3.05) is 7.11 Å². The van der Waals surface area contributed by atoms with E-state index in [1.54, 1.807) is 13.2 Å². The molecule has 0 saturated carbocycles. The first-order valence-corrected chi connectivity index (χ1v) is 4.30. The van der Waals surface area contributed by atoms with Gasteiger partial charge in [0.25, 0.3) is 0 Å². The maximum atomic E-state index is 5.10. The molecule has 0 heterocycles. The van der Waals surface area contributed by atoms with E-state index in [-0.39, 0.29) is 0 Å². The lowest BCUT2D eigenvalue weighted by molar-refractivity contribution is 0.414. The zero-order chi connectivity index (χ0) is 10.2. The van der Waals surface area contributed by atoms with Crippen LogP contribution >= 0.6 is 0 Å². The average molecular weight is 184 g/mol. The van der Waals surface area contributed by atoms with Crippen LogP contribution in [-0.4, -0.2) is 7.11 Å². The molecule has 0 fully saturated rings. The Hall–Kier alpha value is -1.94. The summed E-state index contributed by atoms with van der Waals surface area (Å²) in [7, 11) is 1.65. The Kier molecular flexibility index (Phi) is 4.10. The highest BCUT2D eigenvalue weighted by atomic mass is 16.5. The smallest absolute Gasteiger partial charge is 0.119 e. The topological polar surface area (TPSA) is 9.23 Å². The van der Waals surface area contributed by atoms with Crippen LogP contribution in [0.1, 0.15) is 5.56 Å². The molecule has 1 heteroatoms. The zero-order valence-electron chi connectivity index (χ0n) is 8.10. The number of rotatable bonds is 3. The second-order valence-corrected chi connectivity index (χ2v) is 2.66. The van der Waals surface area contributed by atoms with Gasteiger partial charge < -0.3 is 4.74 Å². The summed E-state index contributed by atoms with van der Waals surface area (Å²) < 4.78 is 5.10.